The smallest absolute Gasteiger partial charge is 0.237 e. The summed E-state index contributed by atoms with van der Waals surface area (Å²) in [4.78, 5) is 16.9. The van der Waals surface area contributed by atoms with E-state index in [1.165, 1.54) is 18.1 Å². The lowest BCUT2D eigenvalue weighted by Gasteiger charge is -2.11. The van der Waals surface area contributed by atoms with E-state index in [0.717, 1.165) is 0 Å². The summed E-state index contributed by atoms with van der Waals surface area (Å²) in [6, 6.07) is 0. The van der Waals surface area contributed by atoms with Crippen molar-refractivity contribution in [3.63, 3.8) is 0 Å². The Kier molecular flexibility index (Phi) is 4.50. The summed E-state index contributed by atoms with van der Waals surface area (Å²) in [5.41, 5.74) is 0. The van der Waals surface area contributed by atoms with Gasteiger partial charge in [0.2, 0.25) is 11.9 Å². The number of H-pyrrole nitrogens is 1. The zero-order chi connectivity index (χ0) is 11.3. The van der Waals surface area contributed by atoms with E-state index in [2.05, 4.69) is 20.5 Å². The van der Waals surface area contributed by atoms with Gasteiger partial charge in [0, 0.05) is 14.1 Å². The molecule has 2 N–H and O–H groups in total. The molecule has 82 valence electrons. The highest BCUT2D eigenvalue weighted by Crippen LogP contribution is 2.06. The first kappa shape index (κ1) is 11.9. The first-order valence-corrected chi connectivity index (χ1v) is 5.48. The number of aromatic nitrogens is 3. The summed E-state index contributed by atoms with van der Waals surface area (Å²) >= 11 is 6.32. The molecule has 0 aromatic carbocycles. The highest BCUT2D eigenvalue weighted by atomic mass is 32.2. The Morgan fingerprint density at radius 1 is 1.73 bits per heavy atom. The van der Waals surface area contributed by atoms with Gasteiger partial charge in [0.25, 0.3) is 0 Å². The average Bonchev–Trinajstić information content (AvgIpc) is 2.66. The highest BCUT2D eigenvalue weighted by molar-refractivity contribution is 8.23. The molecule has 6 nitrogen and oxygen atoms in total. The van der Waals surface area contributed by atoms with Crippen molar-refractivity contribution in [2.24, 2.45) is 0 Å². The topological polar surface area (TPSA) is 73.9 Å². The maximum Gasteiger partial charge on any atom is 0.237 e. The second-order valence-corrected chi connectivity index (χ2v) is 4.44. The molecular weight excluding hydrogens is 234 g/mol. The molecule has 0 saturated carbocycles. The van der Waals surface area contributed by atoms with Crippen LogP contribution in [0.3, 0.4) is 0 Å². The fraction of sp³-hybridized carbons (Fsp3) is 0.429. The first-order chi connectivity index (χ1) is 7.09. The third-order valence-corrected chi connectivity index (χ3v) is 3.10. The minimum atomic E-state index is -0.166. The molecule has 1 aromatic rings. The maximum atomic E-state index is 11.3. The summed E-state index contributed by atoms with van der Waals surface area (Å²) in [5.74, 6) is 0.440. The number of nitrogens with zero attached hydrogens (tertiary/aromatic N) is 3. The number of hydrogen-bond donors (Lipinski definition) is 2. The van der Waals surface area contributed by atoms with Crippen molar-refractivity contribution >= 4 is 40.2 Å². The monoisotopic (exact) mass is 245 g/mol. The third-order valence-electron chi connectivity index (χ3n) is 1.36. The minimum Gasteiger partial charge on any atom is -0.364 e. The number of aromatic amines is 1. The molecule has 15 heavy (non-hydrogen) atoms. The standard InChI is InChI=1S/C7H11N5OS2/c1-12(2)7(14)15-3-5(13)10-6-8-4-9-11-6/h4H,3H2,1-2H3,(H2,8,9,10,11,13). The van der Waals surface area contributed by atoms with E-state index >= 15 is 0 Å². The van der Waals surface area contributed by atoms with E-state index in [1.807, 2.05) is 14.1 Å². The van der Waals surface area contributed by atoms with Gasteiger partial charge in [0.1, 0.15) is 10.6 Å². The molecule has 8 heteroatoms. The molecule has 0 radical (unpaired) electrons. The number of amides is 1. The van der Waals surface area contributed by atoms with Crippen molar-refractivity contribution in [3.8, 4) is 0 Å². The van der Waals surface area contributed by atoms with Crippen LogP contribution in [0.2, 0.25) is 0 Å². The Morgan fingerprint density at radius 2 is 2.47 bits per heavy atom. The number of rotatable bonds is 3. The van der Waals surface area contributed by atoms with Crippen LogP contribution in [0.1, 0.15) is 0 Å². The number of hydrogen-bond acceptors (Lipinski definition) is 5. The number of anilines is 1. The van der Waals surface area contributed by atoms with Gasteiger partial charge >= 0.3 is 0 Å². The Hall–Kier alpha value is -1.15. The van der Waals surface area contributed by atoms with Crippen molar-refractivity contribution in [2.45, 2.75) is 0 Å². The minimum absolute atomic E-state index is 0.166. The molecule has 0 spiro atoms. The lowest BCUT2D eigenvalue weighted by molar-refractivity contribution is -0.113. The molecule has 0 bridgehead atoms. The number of thiocarbonyl (C=S) groups is 1. The molecule has 0 aliphatic carbocycles. The predicted octanol–water partition coefficient (Wildman–Crippen LogP) is 0.323. The predicted molar refractivity (Wildman–Crippen MR) is 63.8 cm³/mol. The van der Waals surface area contributed by atoms with Gasteiger partial charge in [-0.05, 0) is 0 Å². The molecule has 0 saturated heterocycles. The summed E-state index contributed by atoms with van der Waals surface area (Å²) in [6.45, 7) is 0. The fourth-order valence-corrected chi connectivity index (χ4v) is 1.45. The van der Waals surface area contributed by atoms with Gasteiger partial charge in [-0.15, -0.1) is 0 Å². The van der Waals surface area contributed by atoms with Gasteiger partial charge in [-0.1, -0.05) is 24.0 Å². The second-order valence-electron chi connectivity index (χ2n) is 2.83. The van der Waals surface area contributed by atoms with Gasteiger partial charge < -0.3 is 4.90 Å². The first-order valence-electron chi connectivity index (χ1n) is 4.09. The van der Waals surface area contributed by atoms with Gasteiger partial charge in [0.05, 0.1) is 5.75 Å². The summed E-state index contributed by atoms with van der Waals surface area (Å²) < 4.78 is 0.669. The van der Waals surface area contributed by atoms with Gasteiger partial charge in [0.15, 0.2) is 0 Å². The Bertz CT molecular complexity index is 337. The van der Waals surface area contributed by atoms with Crippen LogP contribution >= 0.6 is 24.0 Å². The molecule has 0 aliphatic rings. The summed E-state index contributed by atoms with van der Waals surface area (Å²) in [7, 11) is 3.67. The van der Waals surface area contributed by atoms with Gasteiger partial charge in [-0.3, -0.25) is 10.1 Å². The molecule has 0 fully saturated rings. The molecular formula is C7H11N5OS2. The zero-order valence-electron chi connectivity index (χ0n) is 8.35. The average molecular weight is 245 g/mol. The van der Waals surface area contributed by atoms with Crippen molar-refractivity contribution in [1.82, 2.24) is 20.1 Å². The van der Waals surface area contributed by atoms with E-state index in [9.17, 15) is 4.79 Å². The molecule has 0 unspecified atom stereocenters. The Balaban J connectivity index is 2.28. The quantitative estimate of drug-likeness (QED) is 0.747. The third kappa shape index (κ3) is 4.26. The maximum absolute atomic E-state index is 11.3. The lowest BCUT2D eigenvalue weighted by Crippen LogP contribution is -2.21. The molecule has 0 atom stereocenters. The number of carbonyl (C=O) groups is 1. The fourth-order valence-electron chi connectivity index (χ4n) is 0.690. The molecule has 1 rings (SSSR count). The van der Waals surface area contributed by atoms with Crippen LogP contribution in [0.5, 0.6) is 0 Å². The van der Waals surface area contributed by atoms with Crippen LogP contribution in [0.25, 0.3) is 0 Å². The van der Waals surface area contributed by atoms with E-state index in [1.54, 1.807) is 4.90 Å². The van der Waals surface area contributed by atoms with E-state index < -0.39 is 0 Å². The normalized spacial score (nSPS) is 9.73. The van der Waals surface area contributed by atoms with Gasteiger partial charge in [-0.2, -0.15) is 10.1 Å². The van der Waals surface area contributed by atoms with Crippen LogP contribution in [0, 0.1) is 0 Å². The van der Waals surface area contributed by atoms with E-state index in [0.29, 0.717) is 10.3 Å². The van der Waals surface area contributed by atoms with Crippen molar-refractivity contribution in [1.29, 1.82) is 0 Å². The number of carbonyl (C=O) groups excluding carboxylic acids is 1. The summed E-state index contributed by atoms with van der Waals surface area (Å²) in [5, 5.41) is 8.69. The van der Waals surface area contributed by atoms with Gasteiger partial charge in [-0.25, -0.2) is 5.10 Å². The van der Waals surface area contributed by atoms with Crippen LogP contribution in [-0.4, -0.2) is 50.2 Å². The van der Waals surface area contributed by atoms with Crippen LogP contribution in [0.4, 0.5) is 5.95 Å². The molecule has 0 aliphatic heterocycles. The second kappa shape index (κ2) is 5.66. The molecule has 1 aromatic heterocycles. The Labute approximate surface area is 96.8 Å². The zero-order valence-corrected chi connectivity index (χ0v) is 9.98. The number of thioether (sulfide) groups is 1. The lowest BCUT2D eigenvalue weighted by atomic mass is 10.7. The van der Waals surface area contributed by atoms with E-state index in [4.69, 9.17) is 12.2 Å². The van der Waals surface area contributed by atoms with Crippen molar-refractivity contribution in [2.75, 3.05) is 25.2 Å². The van der Waals surface area contributed by atoms with Crippen molar-refractivity contribution in [3.05, 3.63) is 6.33 Å². The number of nitrogens with one attached hydrogen (secondary N) is 2. The SMILES string of the molecule is CN(C)C(=S)SCC(=O)Nc1ncn[nH]1. The Morgan fingerprint density at radius 3 is 3.00 bits per heavy atom. The molecule has 1 heterocycles. The highest BCUT2D eigenvalue weighted by Gasteiger charge is 2.07. The van der Waals surface area contributed by atoms with E-state index in [-0.39, 0.29) is 11.7 Å². The molecule has 1 amide bonds. The van der Waals surface area contributed by atoms with Crippen LogP contribution in [0.15, 0.2) is 6.33 Å². The largest absolute Gasteiger partial charge is 0.364 e. The van der Waals surface area contributed by atoms with Crippen LogP contribution < -0.4 is 5.32 Å². The van der Waals surface area contributed by atoms with Crippen molar-refractivity contribution < 1.29 is 4.79 Å². The summed E-state index contributed by atoms with van der Waals surface area (Å²) in [6.07, 6.45) is 1.33. The van der Waals surface area contributed by atoms with Crippen LogP contribution in [-0.2, 0) is 4.79 Å².